The van der Waals surface area contributed by atoms with Crippen LogP contribution in [-0.2, 0) is 0 Å². The van der Waals surface area contributed by atoms with Crippen molar-refractivity contribution in [1.29, 1.82) is 0 Å². The maximum Gasteiger partial charge on any atom is 0.247 e. The van der Waals surface area contributed by atoms with Crippen molar-refractivity contribution in [3.8, 4) is 17.3 Å². The second kappa shape index (κ2) is 7.00. The van der Waals surface area contributed by atoms with Crippen molar-refractivity contribution in [3.63, 3.8) is 0 Å². The summed E-state index contributed by atoms with van der Waals surface area (Å²) in [6, 6.07) is 14.2. The number of aryl methyl sites for hydroxylation is 1. The Bertz CT molecular complexity index is 1110. The number of rotatable bonds is 3. The molecule has 4 aromatic rings. The number of benzene rings is 1. The van der Waals surface area contributed by atoms with Gasteiger partial charge in [-0.15, -0.1) is 0 Å². The van der Waals surface area contributed by atoms with Crippen LogP contribution in [0.1, 0.15) is 5.56 Å². The maximum atomic E-state index is 9.79. The number of thiocarbonyl (C=S) groups is 1. The number of nitrogens with one attached hydrogen (secondary N) is 2. The third kappa shape index (κ3) is 3.70. The number of anilines is 2. The number of pyridine rings is 2. The summed E-state index contributed by atoms with van der Waals surface area (Å²) in [7, 11) is 0. The number of fused-ring (bicyclic) bond motifs is 1. The number of aromatic nitrogens is 3. The molecule has 0 aliphatic rings. The van der Waals surface area contributed by atoms with E-state index in [1.54, 1.807) is 42.6 Å². The molecule has 0 bridgehead atoms. The molecular weight excluding hydrogens is 362 g/mol. The highest BCUT2D eigenvalue weighted by Gasteiger charge is 2.11. The molecule has 0 saturated carbocycles. The Hall–Kier alpha value is -3.52. The first-order valence-electron chi connectivity index (χ1n) is 8.15. The summed E-state index contributed by atoms with van der Waals surface area (Å²) >= 11 is 5.31. The molecular formula is C19H15N5O2S. The second-order valence-corrected chi connectivity index (χ2v) is 6.24. The molecule has 0 saturated heterocycles. The van der Waals surface area contributed by atoms with Gasteiger partial charge in [0.2, 0.25) is 5.89 Å². The molecule has 0 atom stereocenters. The van der Waals surface area contributed by atoms with Gasteiger partial charge in [-0.3, -0.25) is 0 Å². The Kier molecular flexibility index (Phi) is 4.39. The van der Waals surface area contributed by atoms with Crippen molar-refractivity contribution in [3.05, 3.63) is 60.3 Å². The van der Waals surface area contributed by atoms with Crippen LogP contribution >= 0.6 is 12.2 Å². The first-order valence-corrected chi connectivity index (χ1v) is 8.56. The van der Waals surface area contributed by atoms with E-state index in [1.807, 2.05) is 19.1 Å². The minimum Gasteiger partial charge on any atom is -0.508 e. The predicted octanol–water partition coefficient (Wildman–Crippen LogP) is 4.11. The second-order valence-electron chi connectivity index (χ2n) is 5.83. The van der Waals surface area contributed by atoms with Crippen molar-refractivity contribution in [2.24, 2.45) is 0 Å². The van der Waals surface area contributed by atoms with Gasteiger partial charge in [0.25, 0.3) is 0 Å². The summed E-state index contributed by atoms with van der Waals surface area (Å²) in [6.07, 6.45) is 1.66. The topological polar surface area (TPSA) is 96.1 Å². The van der Waals surface area contributed by atoms with E-state index in [0.29, 0.717) is 39.4 Å². The third-order valence-corrected chi connectivity index (χ3v) is 4.05. The van der Waals surface area contributed by atoms with Crippen molar-refractivity contribution >= 4 is 40.1 Å². The molecule has 0 radical (unpaired) electrons. The van der Waals surface area contributed by atoms with E-state index in [4.69, 9.17) is 16.6 Å². The lowest BCUT2D eigenvalue weighted by Gasteiger charge is -2.11. The first kappa shape index (κ1) is 16.9. The normalized spacial score (nSPS) is 10.7. The minimum absolute atomic E-state index is 0.201. The van der Waals surface area contributed by atoms with Crippen molar-refractivity contribution in [2.75, 3.05) is 10.6 Å². The molecule has 7 nitrogen and oxygen atoms in total. The van der Waals surface area contributed by atoms with Gasteiger partial charge >= 0.3 is 0 Å². The summed E-state index contributed by atoms with van der Waals surface area (Å²) in [4.78, 5) is 13.0. The standard InChI is InChI=1S/C19H15N5O2S/c1-11-7-8-12(10-14(11)25)21-19(27)23-16-6-2-4-13(22-16)18-24-17-15(26-18)5-3-9-20-17/h2-10,25H,1H3,(H2,21,22,23,27). The fourth-order valence-corrected chi connectivity index (χ4v) is 2.69. The van der Waals surface area contributed by atoms with Crippen LogP contribution in [0.2, 0.25) is 0 Å². The van der Waals surface area contributed by atoms with Crippen LogP contribution in [0.4, 0.5) is 11.5 Å². The number of hydrogen-bond acceptors (Lipinski definition) is 6. The monoisotopic (exact) mass is 377 g/mol. The average molecular weight is 377 g/mol. The molecule has 3 N–H and O–H groups in total. The zero-order valence-corrected chi connectivity index (χ0v) is 15.1. The van der Waals surface area contributed by atoms with Crippen LogP contribution in [0, 0.1) is 6.92 Å². The van der Waals surface area contributed by atoms with Crippen LogP contribution in [0.5, 0.6) is 5.75 Å². The predicted molar refractivity (Wildman–Crippen MR) is 108 cm³/mol. The Morgan fingerprint density at radius 2 is 1.96 bits per heavy atom. The van der Waals surface area contributed by atoms with E-state index in [-0.39, 0.29) is 5.75 Å². The van der Waals surface area contributed by atoms with Gasteiger partial charge in [-0.05, 0) is 55.0 Å². The SMILES string of the molecule is Cc1ccc(NC(=S)Nc2cccc(-c3nc4ncccc4o3)n2)cc1O. The molecule has 0 unspecified atom stereocenters. The number of oxazole rings is 1. The highest BCUT2D eigenvalue weighted by atomic mass is 32.1. The van der Waals surface area contributed by atoms with E-state index in [1.165, 1.54) is 0 Å². The van der Waals surface area contributed by atoms with E-state index in [0.717, 1.165) is 5.56 Å². The van der Waals surface area contributed by atoms with Crippen LogP contribution < -0.4 is 10.6 Å². The molecule has 0 aliphatic carbocycles. The van der Waals surface area contributed by atoms with Gasteiger partial charge in [-0.2, -0.15) is 4.98 Å². The van der Waals surface area contributed by atoms with E-state index < -0.39 is 0 Å². The van der Waals surface area contributed by atoms with Gasteiger partial charge in [0.15, 0.2) is 16.3 Å². The largest absolute Gasteiger partial charge is 0.508 e. The summed E-state index contributed by atoms with van der Waals surface area (Å²) in [5.74, 6) is 1.12. The van der Waals surface area contributed by atoms with Gasteiger partial charge in [0.05, 0.1) is 0 Å². The molecule has 4 rings (SSSR count). The zero-order valence-electron chi connectivity index (χ0n) is 14.3. The van der Waals surface area contributed by atoms with Gasteiger partial charge in [0, 0.05) is 18.0 Å². The van der Waals surface area contributed by atoms with Gasteiger partial charge < -0.3 is 20.2 Å². The average Bonchev–Trinajstić information content (AvgIpc) is 3.09. The fourth-order valence-electron chi connectivity index (χ4n) is 2.47. The van der Waals surface area contributed by atoms with E-state index in [9.17, 15) is 5.11 Å². The molecule has 0 fully saturated rings. The maximum absolute atomic E-state index is 9.79. The van der Waals surface area contributed by atoms with Crippen LogP contribution in [0.3, 0.4) is 0 Å². The molecule has 3 aromatic heterocycles. The number of phenols is 1. The highest BCUT2D eigenvalue weighted by Crippen LogP contribution is 2.23. The van der Waals surface area contributed by atoms with Crippen molar-refractivity contribution < 1.29 is 9.52 Å². The van der Waals surface area contributed by atoms with Crippen molar-refractivity contribution in [1.82, 2.24) is 15.0 Å². The molecule has 3 heterocycles. The Labute approximate surface area is 160 Å². The summed E-state index contributed by atoms with van der Waals surface area (Å²) in [6.45, 7) is 1.83. The van der Waals surface area contributed by atoms with Crippen LogP contribution in [0.25, 0.3) is 22.8 Å². The number of hydrogen-bond donors (Lipinski definition) is 3. The van der Waals surface area contributed by atoms with E-state index in [2.05, 4.69) is 25.6 Å². The van der Waals surface area contributed by atoms with Gasteiger partial charge in [-0.1, -0.05) is 12.1 Å². The highest BCUT2D eigenvalue weighted by molar-refractivity contribution is 7.80. The summed E-state index contributed by atoms with van der Waals surface area (Å²) < 4.78 is 5.69. The molecule has 27 heavy (non-hydrogen) atoms. The smallest absolute Gasteiger partial charge is 0.247 e. The first-order chi connectivity index (χ1) is 13.1. The fraction of sp³-hybridized carbons (Fsp3) is 0.0526. The molecule has 134 valence electrons. The zero-order chi connectivity index (χ0) is 18.8. The van der Waals surface area contributed by atoms with Crippen LogP contribution in [-0.4, -0.2) is 25.2 Å². The van der Waals surface area contributed by atoms with Crippen molar-refractivity contribution in [2.45, 2.75) is 6.92 Å². The van der Waals surface area contributed by atoms with Gasteiger partial charge in [-0.25, -0.2) is 9.97 Å². The number of phenolic OH excluding ortho intramolecular Hbond substituents is 1. The Morgan fingerprint density at radius 1 is 1.07 bits per heavy atom. The summed E-state index contributed by atoms with van der Waals surface area (Å²) in [5, 5.41) is 16.2. The van der Waals surface area contributed by atoms with E-state index >= 15 is 0 Å². The Balaban J connectivity index is 1.51. The summed E-state index contributed by atoms with van der Waals surface area (Å²) in [5.41, 5.74) is 3.17. The molecule has 1 aromatic carbocycles. The van der Waals surface area contributed by atoms with Gasteiger partial charge in [0.1, 0.15) is 17.3 Å². The lowest BCUT2D eigenvalue weighted by molar-refractivity contribution is 0.471. The number of nitrogens with zero attached hydrogens (tertiary/aromatic N) is 3. The molecule has 0 amide bonds. The molecule has 0 aliphatic heterocycles. The Morgan fingerprint density at radius 3 is 2.78 bits per heavy atom. The lowest BCUT2D eigenvalue weighted by atomic mass is 10.2. The van der Waals surface area contributed by atoms with Crippen LogP contribution in [0.15, 0.2) is 59.1 Å². The minimum atomic E-state index is 0.201. The lowest BCUT2D eigenvalue weighted by Crippen LogP contribution is -2.19. The quantitative estimate of drug-likeness (QED) is 0.459. The molecule has 8 heteroatoms. The molecule has 0 spiro atoms. The third-order valence-electron chi connectivity index (χ3n) is 3.84. The number of aromatic hydroxyl groups is 1.